The van der Waals surface area contributed by atoms with E-state index < -0.39 is 11.9 Å². The van der Waals surface area contributed by atoms with Gasteiger partial charge in [-0.2, -0.15) is 5.10 Å². The standard InChI is InChI=1S/C9H13ClN4O2/c1-2-14-6-7(5-11-14)12-9(16)13-8(15)3-4-10/h5-6H,2-4H2,1H3,(H2,12,13,15,16). The number of imide groups is 1. The molecule has 2 N–H and O–H groups in total. The molecule has 88 valence electrons. The first-order chi connectivity index (χ1) is 7.65. The Morgan fingerprint density at radius 2 is 2.31 bits per heavy atom. The number of hydrogen-bond acceptors (Lipinski definition) is 3. The van der Waals surface area contributed by atoms with Gasteiger partial charge in [-0.1, -0.05) is 0 Å². The molecule has 0 unspecified atom stereocenters. The summed E-state index contributed by atoms with van der Waals surface area (Å²) in [5, 5.41) is 8.61. The molecule has 0 atom stereocenters. The summed E-state index contributed by atoms with van der Waals surface area (Å²) in [6.07, 6.45) is 3.30. The molecule has 0 bridgehead atoms. The van der Waals surface area contributed by atoms with Crippen molar-refractivity contribution >= 4 is 29.2 Å². The van der Waals surface area contributed by atoms with Crippen LogP contribution in [-0.2, 0) is 11.3 Å². The predicted octanol–water partition coefficient (Wildman–Crippen LogP) is 1.18. The van der Waals surface area contributed by atoms with Crippen molar-refractivity contribution in [1.29, 1.82) is 0 Å². The highest BCUT2D eigenvalue weighted by atomic mass is 35.5. The fraction of sp³-hybridized carbons (Fsp3) is 0.444. The normalized spacial score (nSPS) is 9.88. The van der Waals surface area contributed by atoms with Gasteiger partial charge in [0, 0.05) is 25.0 Å². The Labute approximate surface area is 98.0 Å². The number of carbonyl (C=O) groups is 2. The van der Waals surface area contributed by atoms with E-state index in [9.17, 15) is 9.59 Å². The fourth-order valence-electron chi connectivity index (χ4n) is 1.04. The highest BCUT2D eigenvalue weighted by Gasteiger charge is 2.07. The molecule has 7 heteroatoms. The number of hydrogen-bond donors (Lipinski definition) is 2. The van der Waals surface area contributed by atoms with E-state index in [1.165, 1.54) is 6.20 Å². The fourth-order valence-corrected chi connectivity index (χ4v) is 1.21. The third-order valence-corrected chi connectivity index (χ3v) is 1.98. The molecular formula is C9H13ClN4O2. The van der Waals surface area contributed by atoms with Gasteiger partial charge in [-0.3, -0.25) is 14.8 Å². The van der Waals surface area contributed by atoms with E-state index >= 15 is 0 Å². The molecule has 6 nitrogen and oxygen atoms in total. The number of rotatable bonds is 4. The van der Waals surface area contributed by atoms with Crippen LogP contribution in [-0.4, -0.2) is 27.6 Å². The van der Waals surface area contributed by atoms with Gasteiger partial charge in [0.1, 0.15) is 0 Å². The minimum atomic E-state index is -0.578. The zero-order valence-corrected chi connectivity index (χ0v) is 9.62. The minimum absolute atomic E-state index is 0.114. The van der Waals surface area contributed by atoms with Crippen molar-refractivity contribution < 1.29 is 9.59 Å². The van der Waals surface area contributed by atoms with Crippen molar-refractivity contribution in [2.24, 2.45) is 0 Å². The number of aryl methyl sites for hydroxylation is 1. The lowest BCUT2D eigenvalue weighted by atomic mass is 10.4. The number of amides is 3. The van der Waals surface area contributed by atoms with E-state index in [0.29, 0.717) is 12.2 Å². The molecule has 0 aliphatic rings. The molecule has 1 aromatic heterocycles. The maximum atomic E-state index is 11.3. The number of nitrogens with zero attached hydrogens (tertiary/aromatic N) is 2. The summed E-state index contributed by atoms with van der Waals surface area (Å²) < 4.78 is 1.66. The van der Waals surface area contributed by atoms with Gasteiger partial charge in [0.2, 0.25) is 5.91 Å². The smallest absolute Gasteiger partial charge is 0.305 e. The summed E-state index contributed by atoms with van der Waals surface area (Å²) in [5.41, 5.74) is 0.540. The van der Waals surface area contributed by atoms with Crippen LogP contribution in [0.15, 0.2) is 12.4 Å². The SMILES string of the molecule is CCn1cc(NC(=O)NC(=O)CCCl)cn1. The maximum Gasteiger partial charge on any atom is 0.325 e. The van der Waals surface area contributed by atoms with Crippen LogP contribution < -0.4 is 10.6 Å². The van der Waals surface area contributed by atoms with Crippen LogP contribution >= 0.6 is 11.6 Å². The van der Waals surface area contributed by atoms with Crippen LogP contribution in [0.5, 0.6) is 0 Å². The molecule has 16 heavy (non-hydrogen) atoms. The number of alkyl halides is 1. The van der Waals surface area contributed by atoms with Crippen LogP contribution in [0.2, 0.25) is 0 Å². The summed E-state index contributed by atoms with van der Waals surface area (Å²) in [6.45, 7) is 2.65. The lowest BCUT2D eigenvalue weighted by Gasteiger charge is -2.03. The van der Waals surface area contributed by atoms with Gasteiger partial charge in [-0.15, -0.1) is 11.6 Å². The van der Waals surface area contributed by atoms with E-state index in [4.69, 9.17) is 11.6 Å². The van der Waals surface area contributed by atoms with Crippen LogP contribution in [0.25, 0.3) is 0 Å². The first kappa shape index (κ1) is 12.5. The van der Waals surface area contributed by atoms with Crippen LogP contribution in [0.1, 0.15) is 13.3 Å². The summed E-state index contributed by atoms with van der Waals surface area (Å²) in [7, 11) is 0. The third kappa shape index (κ3) is 3.90. The van der Waals surface area contributed by atoms with Gasteiger partial charge in [0.25, 0.3) is 0 Å². The molecule has 0 aromatic carbocycles. The topological polar surface area (TPSA) is 76.0 Å². The highest BCUT2D eigenvalue weighted by Crippen LogP contribution is 2.03. The van der Waals surface area contributed by atoms with E-state index in [2.05, 4.69) is 15.7 Å². The minimum Gasteiger partial charge on any atom is -0.305 e. The molecule has 0 fully saturated rings. The number of halogens is 1. The van der Waals surface area contributed by atoms with Gasteiger partial charge in [-0.05, 0) is 6.92 Å². The van der Waals surface area contributed by atoms with E-state index in [1.54, 1.807) is 10.9 Å². The van der Waals surface area contributed by atoms with Crippen molar-refractivity contribution in [3.05, 3.63) is 12.4 Å². The van der Waals surface area contributed by atoms with Crippen molar-refractivity contribution in [3.8, 4) is 0 Å². The monoisotopic (exact) mass is 244 g/mol. The highest BCUT2D eigenvalue weighted by molar-refractivity contribution is 6.19. The molecule has 0 radical (unpaired) electrons. The molecule has 0 aliphatic heterocycles. The van der Waals surface area contributed by atoms with Crippen LogP contribution in [0.3, 0.4) is 0 Å². The number of nitrogens with one attached hydrogen (secondary N) is 2. The van der Waals surface area contributed by atoms with E-state index in [1.807, 2.05) is 6.92 Å². The molecular weight excluding hydrogens is 232 g/mol. The zero-order valence-electron chi connectivity index (χ0n) is 8.86. The average molecular weight is 245 g/mol. The molecule has 1 heterocycles. The molecule has 0 saturated heterocycles. The Kier molecular flexibility index (Phi) is 4.78. The van der Waals surface area contributed by atoms with Gasteiger partial charge in [-0.25, -0.2) is 4.79 Å². The van der Waals surface area contributed by atoms with Gasteiger partial charge in [0.05, 0.1) is 11.9 Å². The van der Waals surface area contributed by atoms with Crippen LogP contribution in [0.4, 0.5) is 10.5 Å². The first-order valence-electron chi connectivity index (χ1n) is 4.85. The van der Waals surface area contributed by atoms with Crippen molar-refractivity contribution in [1.82, 2.24) is 15.1 Å². The second-order valence-corrected chi connectivity index (χ2v) is 3.40. The second-order valence-electron chi connectivity index (χ2n) is 3.03. The maximum absolute atomic E-state index is 11.3. The molecule has 0 aliphatic carbocycles. The Bertz CT molecular complexity index is 377. The van der Waals surface area contributed by atoms with E-state index in [-0.39, 0.29) is 12.3 Å². The molecule has 3 amide bonds. The van der Waals surface area contributed by atoms with Crippen molar-refractivity contribution in [2.45, 2.75) is 19.9 Å². The van der Waals surface area contributed by atoms with E-state index in [0.717, 1.165) is 0 Å². The van der Waals surface area contributed by atoms with Crippen LogP contribution in [0, 0.1) is 0 Å². The number of aromatic nitrogens is 2. The lowest BCUT2D eigenvalue weighted by molar-refractivity contribution is -0.119. The summed E-state index contributed by atoms with van der Waals surface area (Å²) in [6, 6.07) is -0.578. The van der Waals surface area contributed by atoms with Crippen molar-refractivity contribution in [3.63, 3.8) is 0 Å². The summed E-state index contributed by atoms with van der Waals surface area (Å²) >= 11 is 5.36. The predicted molar refractivity (Wildman–Crippen MR) is 60.4 cm³/mol. The first-order valence-corrected chi connectivity index (χ1v) is 5.38. The average Bonchev–Trinajstić information content (AvgIpc) is 2.65. The third-order valence-electron chi connectivity index (χ3n) is 1.79. The molecule has 0 spiro atoms. The molecule has 1 aromatic rings. The molecule has 0 saturated carbocycles. The molecule has 1 rings (SSSR count). The quantitative estimate of drug-likeness (QED) is 0.781. The van der Waals surface area contributed by atoms with Gasteiger partial charge < -0.3 is 5.32 Å². The Hall–Kier alpha value is -1.56. The number of anilines is 1. The lowest BCUT2D eigenvalue weighted by Crippen LogP contribution is -2.34. The van der Waals surface area contributed by atoms with Gasteiger partial charge in [0.15, 0.2) is 0 Å². The largest absolute Gasteiger partial charge is 0.325 e. The Morgan fingerprint density at radius 3 is 2.88 bits per heavy atom. The number of urea groups is 1. The Balaban J connectivity index is 2.42. The summed E-state index contributed by atoms with van der Waals surface area (Å²) in [4.78, 5) is 22.3. The van der Waals surface area contributed by atoms with Gasteiger partial charge >= 0.3 is 6.03 Å². The summed E-state index contributed by atoms with van der Waals surface area (Å²) in [5.74, 6) is -0.220. The number of carbonyl (C=O) groups excluding carboxylic acids is 2. The van der Waals surface area contributed by atoms with Crippen molar-refractivity contribution in [2.75, 3.05) is 11.2 Å². The zero-order chi connectivity index (χ0) is 12.0. The second kappa shape index (κ2) is 6.12. The Morgan fingerprint density at radius 1 is 1.56 bits per heavy atom.